The van der Waals surface area contributed by atoms with Gasteiger partial charge in [-0.1, -0.05) is 34.8 Å². The molecule has 0 radical (unpaired) electrons. The number of nitrogens with zero attached hydrogens (tertiary/aromatic N) is 2. The molecule has 1 heterocycles. The van der Waals surface area contributed by atoms with Crippen molar-refractivity contribution in [2.24, 2.45) is 0 Å². The highest BCUT2D eigenvalue weighted by atomic mass is 32.1. The number of hydrogen-bond acceptors (Lipinski definition) is 4. The molecule has 0 atom stereocenters. The van der Waals surface area contributed by atoms with Gasteiger partial charge in [0.15, 0.2) is 0 Å². The molecule has 0 amide bonds. The minimum absolute atomic E-state index is 0.724. The first-order valence-corrected chi connectivity index (χ1v) is 7.45. The smallest absolute Gasteiger partial charge is 0.0946 e. The second-order valence-corrected chi connectivity index (χ2v) is 5.57. The summed E-state index contributed by atoms with van der Waals surface area (Å²) in [6.45, 7) is 0.724. The van der Waals surface area contributed by atoms with Gasteiger partial charge in [-0.15, -0.1) is 5.10 Å². The molecule has 0 unspecified atom stereocenters. The molecule has 1 N–H and O–H groups in total. The molecule has 2 aromatic carbocycles. The van der Waals surface area contributed by atoms with E-state index in [2.05, 4.69) is 57.4 Å². The van der Waals surface area contributed by atoms with Crippen LogP contribution in [0.15, 0.2) is 47.8 Å². The van der Waals surface area contributed by atoms with Crippen LogP contribution in [-0.2, 0) is 13.0 Å². The van der Waals surface area contributed by atoms with Gasteiger partial charge in [-0.3, -0.25) is 0 Å². The van der Waals surface area contributed by atoms with E-state index in [9.17, 15) is 0 Å². The molecule has 0 bridgehead atoms. The van der Waals surface area contributed by atoms with Gasteiger partial charge in [0.05, 0.1) is 12.2 Å². The van der Waals surface area contributed by atoms with Crippen molar-refractivity contribution in [1.82, 2.24) is 9.59 Å². The zero-order chi connectivity index (χ0) is 13.4. The van der Waals surface area contributed by atoms with E-state index < -0.39 is 0 Å². The van der Waals surface area contributed by atoms with E-state index in [-0.39, 0.29) is 0 Å². The largest absolute Gasteiger partial charge is 0.379 e. The molecule has 0 spiro atoms. The quantitative estimate of drug-likeness (QED) is 0.621. The van der Waals surface area contributed by atoms with Gasteiger partial charge in [0.25, 0.3) is 0 Å². The molecule has 98 valence electrons. The molecule has 1 aliphatic carbocycles. The normalized spacial score (nSPS) is 12.0. The van der Waals surface area contributed by atoms with Crippen molar-refractivity contribution < 1.29 is 0 Å². The first-order valence-electron chi connectivity index (χ1n) is 6.61. The number of aromatic nitrogens is 2. The van der Waals surface area contributed by atoms with Crippen molar-refractivity contribution in [2.45, 2.75) is 13.0 Å². The predicted octanol–water partition coefficient (Wildman–Crippen LogP) is 3.72. The average Bonchev–Trinajstić information content (AvgIpc) is 3.12. The summed E-state index contributed by atoms with van der Waals surface area (Å²) in [6.07, 6.45) is 1.03. The Hall–Kier alpha value is -2.20. The maximum absolute atomic E-state index is 4.04. The Labute approximate surface area is 121 Å². The van der Waals surface area contributed by atoms with Gasteiger partial charge in [-0.05, 0) is 52.3 Å². The Morgan fingerprint density at radius 2 is 1.95 bits per heavy atom. The summed E-state index contributed by atoms with van der Waals surface area (Å²) in [5.74, 6) is 0. The Morgan fingerprint density at radius 3 is 2.85 bits per heavy atom. The number of fused-ring (bicyclic) bond motifs is 3. The predicted molar refractivity (Wildman–Crippen MR) is 81.9 cm³/mol. The Balaban J connectivity index is 1.59. The van der Waals surface area contributed by atoms with Crippen LogP contribution < -0.4 is 5.32 Å². The molecule has 4 rings (SSSR count). The Morgan fingerprint density at radius 1 is 1.05 bits per heavy atom. The topological polar surface area (TPSA) is 37.8 Å². The molecule has 1 aliphatic rings. The van der Waals surface area contributed by atoms with Crippen molar-refractivity contribution in [3.63, 3.8) is 0 Å². The van der Waals surface area contributed by atoms with Crippen LogP contribution in [0.5, 0.6) is 0 Å². The van der Waals surface area contributed by atoms with Crippen LogP contribution in [0.25, 0.3) is 11.1 Å². The SMILES string of the molecule is c1ccc2c(c1)Cc1cc(NCc3csnn3)ccc1-2. The molecule has 0 aliphatic heterocycles. The zero-order valence-corrected chi connectivity index (χ0v) is 11.7. The summed E-state index contributed by atoms with van der Waals surface area (Å²) >= 11 is 1.39. The van der Waals surface area contributed by atoms with Crippen LogP contribution in [0.4, 0.5) is 5.69 Å². The molecule has 20 heavy (non-hydrogen) atoms. The molecule has 1 aromatic heterocycles. The monoisotopic (exact) mass is 279 g/mol. The fourth-order valence-electron chi connectivity index (χ4n) is 2.71. The van der Waals surface area contributed by atoms with Crippen LogP contribution in [0, 0.1) is 0 Å². The lowest BCUT2D eigenvalue weighted by Gasteiger charge is -2.07. The zero-order valence-electron chi connectivity index (χ0n) is 10.8. The molecule has 3 nitrogen and oxygen atoms in total. The van der Waals surface area contributed by atoms with E-state index in [4.69, 9.17) is 0 Å². The van der Waals surface area contributed by atoms with Crippen molar-refractivity contribution in [3.05, 3.63) is 64.7 Å². The average molecular weight is 279 g/mol. The molecule has 4 heteroatoms. The van der Waals surface area contributed by atoms with E-state index in [1.54, 1.807) is 0 Å². The summed E-state index contributed by atoms with van der Waals surface area (Å²) in [5, 5.41) is 9.42. The standard InChI is InChI=1S/C16H13N3S/c1-2-4-15-11(3-1)7-12-8-13(5-6-16(12)15)17-9-14-10-20-19-18-14/h1-6,8,10,17H,7,9H2. The summed E-state index contributed by atoms with van der Waals surface area (Å²) in [4.78, 5) is 0. The van der Waals surface area contributed by atoms with Crippen LogP contribution >= 0.6 is 11.5 Å². The third-order valence-electron chi connectivity index (χ3n) is 3.67. The number of anilines is 1. The number of nitrogens with one attached hydrogen (secondary N) is 1. The highest BCUT2D eigenvalue weighted by molar-refractivity contribution is 7.03. The number of benzene rings is 2. The molecule has 0 saturated carbocycles. The lowest BCUT2D eigenvalue weighted by molar-refractivity contribution is 0.998. The highest BCUT2D eigenvalue weighted by Gasteiger charge is 2.17. The molecule has 0 saturated heterocycles. The minimum Gasteiger partial charge on any atom is -0.379 e. The molecular formula is C16H13N3S. The Kier molecular flexibility index (Phi) is 2.74. The van der Waals surface area contributed by atoms with Crippen LogP contribution in [0.1, 0.15) is 16.8 Å². The van der Waals surface area contributed by atoms with Gasteiger partial charge in [0.2, 0.25) is 0 Å². The van der Waals surface area contributed by atoms with Crippen molar-refractivity contribution in [2.75, 3.05) is 5.32 Å². The van der Waals surface area contributed by atoms with Crippen molar-refractivity contribution >= 4 is 17.2 Å². The molecular weight excluding hydrogens is 266 g/mol. The van der Waals surface area contributed by atoms with Crippen LogP contribution in [0.3, 0.4) is 0 Å². The number of rotatable bonds is 3. The second kappa shape index (κ2) is 4.72. The summed E-state index contributed by atoms with van der Waals surface area (Å²) < 4.78 is 3.87. The third kappa shape index (κ3) is 1.98. The van der Waals surface area contributed by atoms with E-state index in [1.807, 2.05) is 5.38 Å². The maximum atomic E-state index is 4.04. The van der Waals surface area contributed by atoms with Gasteiger partial charge < -0.3 is 5.32 Å². The summed E-state index contributed by atoms with van der Waals surface area (Å²) in [7, 11) is 0. The molecule has 3 aromatic rings. The van der Waals surface area contributed by atoms with Gasteiger partial charge >= 0.3 is 0 Å². The lowest BCUT2D eigenvalue weighted by Crippen LogP contribution is -2.00. The van der Waals surface area contributed by atoms with E-state index in [0.29, 0.717) is 0 Å². The fraction of sp³-hybridized carbons (Fsp3) is 0.125. The fourth-order valence-corrected chi connectivity index (χ4v) is 3.16. The van der Waals surface area contributed by atoms with Gasteiger partial charge in [-0.2, -0.15) is 0 Å². The van der Waals surface area contributed by atoms with Gasteiger partial charge in [0.1, 0.15) is 0 Å². The maximum Gasteiger partial charge on any atom is 0.0946 e. The first kappa shape index (κ1) is 11.6. The van der Waals surface area contributed by atoms with Gasteiger partial charge in [0, 0.05) is 11.1 Å². The third-order valence-corrected chi connectivity index (χ3v) is 4.23. The lowest BCUT2D eigenvalue weighted by atomic mass is 10.1. The second-order valence-electron chi connectivity index (χ2n) is 4.96. The summed E-state index contributed by atoms with van der Waals surface area (Å²) in [5.41, 5.74) is 7.68. The van der Waals surface area contributed by atoms with Crippen molar-refractivity contribution in [3.8, 4) is 11.1 Å². The summed E-state index contributed by atoms with van der Waals surface area (Å²) in [6, 6.07) is 15.2. The van der Waals surface area contributed by atoms with E-state index in [1.165, 1.54) is 33.8 Å². The van der Waals surface area contributed by atoms with Crippen molar-refractivity contribution in [1.29, 1.82) is 0 Å². The Bertz CT molecular complexity index is 750. The van der Waals surface area contributed by atoms with E-state index in [0.717, 1.165) is 24.3 Å². The number of hydrogen-bond donors (Lipinski definition) is 1. The first-order chi connectivity index (χ1) is 9.90. The van der Waals surface area contributed by atoms with Crippen LogP contribution in [-0.4, -0.2) is 9.59 Å². The highest BCUT2D eigenvalue weighted by Crippen LogP contribution is 2.37. The molecule has 0 fully saturated rings. The van der Waals surface area contributed by atoms with E-state index >= 15 is 0 Å². The van der Waals surface area contributed by atoms with Gasteiger partial charge in [-0.25, -0.2) is 0 Å². The minimum atomic E-state index is 0.724. The van der Waals surface area contributed by atoms with Crippen LogP contribution in [0.2, 0.25) is 0 Å².